The molecule has 2 aliphatic heterocycles. The second-order valence-corrected chi connectivity index (χ2v) is 32.8. The van der Waals surface area contributed by atoms with E-state index in [0.717, 1.165) is 57.8 Å². The second kappa shape index (κ2) is 26.5. The molecule has 0 aromatic heterocycles. The zero-order valence-corrected chi connectivity index (χ0v) is 54.9. The van der Waals surface area contributed by atoms with Crippen LogP contribution in [0.4, 0.5) is 0 Å². The molecule has 0 radical (unpaired) electrons. The number of rotatable bonds is 15. The van der Waals surface area contributed by atoms with Gasteiger partial charge < -0.3 is 85.3 Å². The fourth-order valence-electron chi connectivity index (χ4n) is 21.3. The first-order valence-electron chi connectivity index (χ1n) is 34.1. The Labute approximate surface area is 523 Å². The normalized spacial score (nSPS) is 49.2. The Hall–Kier alpha value is -1.60. The minimum atomic E-state index is -1.60. The third kappa shape index (κ3) is 12.4. The van der Waals surface area contributed by atoms with Crippen LogP contribution in [-0.4, -0.2) is 195 Å². The number of ether oxygens (including phenoxy) is 4. The van der Waals surface area contributed by atoms with E-state index in [4.69, 9.17) is 18.9 Å². The highest BCUT2D eigenvalue weighted by molar-refractivity contribution is 5.84. The number of Topliss-reactive ketones (excluding diaryl/α,β-unsaturated/α-hetero) is 2. The Bertz CT molecular complexity index is 2420. The molecule has 19 heteroatoms. The zero-order valence-electron chi connectivity index (χ0n) is 54.9. The Morgan fingerprint density at radius 3 is 1.49 bits per heavy atom. The number of hydrogen-bond donors (Lipinski definition) is 13. The molecule has 34 atom stereocenters. The van der Waals surface area contributed by atoms with Crippen LogP contribution >= 0.6 is 0 Å². The van der Waals surface area contributed by atoms with Gasteiger partial charge in [-0.3, -0.25) is 9.59 Å². The van der Waals surface area contributed by atoms with E-state index in [1.54, 1.807) is 0 Å². The molecule has 8 aliphatic carbocycles. The van der Waals surface area contributed by atoms with Gasteiger partial charge in [-0.1, -0.05) is 89.7 Å². The summed E-state index contributed by atoms with van der Waals surface area (Å²) in [7, 11) is 0. The maximum absolute atomic E-state index is 13.9. The minimum absolute atomic E-state index is 0.0135. The SMILES string of the molecule is C=C([C@@H](O[C@@H]1O[C@H](CO)[C@@H](O)[C@H](O)[C@H]1O)[C@H](O)[C@@H](C)[C@H]1CCC2C3CC(=O)C4C[C@H](O)[C@@H](O)C[C@]4(C)C3CC[C@@]21C)C(C)(C)C.CC(C)[C@H](C)[C@@H](O)[C@H](O)[C@@H](C)[C@H]1CCC2C3CC(=O)C4C[C@@H](O[C@H]5O[C@@H](CO)[C@H](O)[C@@H](O)[C@@H]5O)CC[C@]4(C)C3CC[C@@]21C. The molecule has 2 saturated heterocycles. The summed E-state index contributed by atoms with van der Waals surface area (Å²) in [5, 5.41) is 137. The van der Waals surface area contributed by atoms with E-state index >= 15 is 0 Å². The number of ketones is 2. The molecule has 0 bridgehead atoms. The number of fused-ring (bicyclic) bond motifs is 10. The summed E-state index contributed by atoms with van der Waals surface area (Å²) < 4.78 is 23.6. The molecule has 8 saturated carbocycles. The fraction of sp³-hybridized carbons (Fsp3) is 0.942. The third-order valence-electron chi connectivity index (χ3n) is 27.2. The highest BCUT2D eigenvalue weighted by Crippen LogP contribution is 2.70. The smallest absolute Gasteiger partial charge is 0.187 e. The van der Waals surface area contributed by atoms with Crippen molar-refractivity contribution < 1.29 is 94.9 Å². The van der Waals surface area contributed by atoms with Gasteiger partial charge in [0, 0.05) is 24.7 Å². The van der Waals surface area contributed by atoms with Crippen molar-refractivity contribution in [1.29, 1.82) is 0 Å². The van der Waals surface area contributed by atoms with Gasteiger partial charge in [0.25, 0.3) is 0 Å². The Morgan fingerprint density at radius 2 is 1.00 bits per heavy atom. The average Bonchev–Trinajstić information content (AvgIpc) is 1.30. The van der Waals surface area contributed by atoms with Crippen LogP contribution in [0.5, 0.6) is 0 Å². The van der Waals surface area contributed by atoms with Crippen LogP contribution < -0.4 is 0 Å². The van der Waals surface area contributed by atoms with Crippen molar-refractivity contribution in [3.8, 4) is 0 Å². The van der Waals surface area contributed by atoms with Gasteiger partial charge in [-0.25, -0.2) is 0 Å². The van der Waals surface area contributed by atoms with E-state index in [-0.39, 0.29) is 86.7 Å². The molecular weight excluding hydrogens is 1130 g/mol. The maximum Gasteiger partial charge on any atom is 0.187 e. The van der Waals surface area contributed by atoms with Crippen LogP contribution in [0, 0.1) is 110 Å². The number of carbonyl (C=O) groups excluding carboxylic acids is 2. The van der Waals surface area contributed by atoms with Crippen molar-refractivity contribution >= 4 is 11.6 Å². The van der Waals surface area contributed by atoms with Gasteiger partial charge in [-0.05, 0) is 187 Å². The van der Waals surface area contributed by atoms with Crippen LogP contribution in [0.3, 0.4) is 0 Å². The zero-order chi connectivity index (χ0) is 65.0. The van der Waals surface area contributed by atoms with Crippen molar-refractivity contribution in [2.45, 2.75) is 284 Å². The van der Waals surface area contributed by atoms with E-state index < -0.39 is 117 Å². The molecular formula is C69H116O19. The van der Waals surface area contributed by atoms with Crippen LogP contribution in [0.1, 0.15) is 179 Å². The predicted molar refractivity (Wildman–Crippen MR) is 325 cm³/mol. The first-order valence-corrected chi connectivity index (χ1v) is 34.1. The summed E-state index contributed by atoms with van der Waals surface area (Å²) in [4.78, 5) is 27.5. The Morgan fingerprint density at radius 1 is 0.557 bits per heavy atom. The lowest BCUT2D eigenvalue weighted by Crippen LogP contribution is -2.61. The number of hydrogen-bond acceptors (Lipinski definition) is 19. The topological polar surface area (TPSA) is 334 Å². The second-order valence-electron chi connectivity index (χ2n) is 32.8. The summed E-state index contributed by atoms with van der Waals surface area (Å²) in [5.74, 6) is 2.57. The lowest BCUT2D eigenvalue weighted by Gasteiger charge is -2.61. The summed E-state index contributed by atoms with van der Waals surface area (Å²) in [5.41, 5.74) is -0.450. The third-order valence-corrected chi connectivity index (χ3v) is 27.2. The Kier molecular flexibility index (Phi) is 21.3. The fourth-order valence-corrected chi connectivity index (χ4v) is 21.3. The first-order chi connectivity index (χ1) is 41.0. The van der Waals surface area contributed by atoms with E-state index in [9.17, 15) is 76.0 Å². The molecule has 506 valence electrons. The van der Waals surface area contributed by atoms with E-state index in [0.29, 0.717) is 79.6 Å². The van der Waals surface area contributed by atoms with Crippen LogP contribution in [0.25, 0.3) is 0 Å². The minimum Gasteiger partial charge on any atom is -0.394 e. The molecule has 88 heavy (non-hydrogen) atoms. The maximum atomic E-state index is 13.9. The average molecular weight is 1250 g/mol. The van der Waals surface area contributed by atoms with E-state index in [1.807, 2.05) is 34.6 Å². The van der Waals surface area contributed by atoms with Gasteiger partial charge in [0.15, 0.2) is 12.6 Å². The molecule has 10 fully saturated rings. The molecule has 0 aromatic rings. The molecule has 8 unspecified atom stereocenters. The van der Waals surface area contributed by atoms with Crippen LogP contribution in [0.15, 0.2) is 12.2 Å². The highest BCUT2D eigenvalue weighted by atomic mass is 16.7. The van der Waals surface area contributed by atoms with Crippen molar-refractivity contribution in [3.05, 3.63) is 12.2 Å². The monoisotopic (exact) mass is 1250 g/mol. The summed E-state index contributed by atoms with van der Waals surface area (Å²) >= 11 is 0. The number of carbonyl (C=O) groups is 2. The van der Waals surface area contributed by atoms with Gasteiger partial charge in [-0.2, -0.15) is 0 Å². The lowest BCUT2D eigenvalue weighted by atomic mass is 9.44. The van der Waals surface area contributed by atoms with Crippen LogP contribution in [0.2, 0.25) is 0 Å². The van der Waals surface area contributed by atoms with E-state index in [2.05, 4.69) is 55.0 Å². The van der Waals surface area contributed by atoms with E-state index in [1.165, 1.54) is 0 Å². The van der Waals surface area contributed by atoms with Gasteiger partial charge in [-0.15, -0.1) is 0 Å². The molecule has 2 heterocycles. The Balaban J connectivity index is 0.000000210. The van der Waals surface area contributed by atoms with Crippen molar-refractivity contribution in [3.63, 3.8) is 0 Å². The number of aliphatic hydroxyl groups is 13. The lowest BCUT2D eigenvalue weighted by molar-refractivity contribution is -0.316. The van der Waals surface area contributed by atoms with Gasteiger partial charge in [0.05, 0.1) is 49.8 Å². The standard InChI is InChI=1S/C35H58O10.C34H58O9/c1-16(27(40)31(17(2)33(3,4)5)45-32-30(43)29(42)28(41)26(15-36)44-32)19-8-9-20-18-12-23(37)22-13-24(38)25(39)14-35(22,7)21(18)10-11-34(19,20)6;1-16(2)17(3)27(37)28(38)18(4)21-7-8-22-20-14-25(36)24-13-19(9-11-34(24,6)23(20)10-12-33(21,22)5)42-32-31(41)30(40)29(39)26(15-35)43-32/h16,18-22,24-32,36,38-43H,2,8-15H2,1,3-7H3;16-24,26-32,35,37-41H,7-15H2,1-6H3/t16-,18?,19+,20?,21?,22?,24-,25-,26+,27+,28+,29-,30+,31+,32-,34+,35+;17-,18-,19-,20?,21+,22?,23?,24?,26-,27+,28+,29-,30+,31-,32-,33+,34+/m00/s1. The first kappa shape index (κ1) is 70.7. The molecule has 0 spiro atoms. The number of aliphatic hydroxyl groups excluding tert-OH is 13. The predicted octanol–water partition coefficient (Wildman–Crippen LogP) is 4.60. The highest BCUT2D eigenvalue weighted by Gasteiger charge is 2.66. The summed E-state index contributed by atoms with van der Waals surface area (Å²) in [6, 6.07) is 0. The van der Waals surface area contributed by atoms with Gasteiger partial charge in [0.2, 0.25) is 0 Å². The molecule has 0 amide bonds. The molecule has 19 nitrogen and oxygen atoms in total. The molecule has 0 aromatic carbocycles. The molecule has 10 aliphatic rings. The summed E-state index contributed by atoms with van der Waals surface area (Å²) in [6.07, 6.45) is -7.50. The molecule has 13 N–H and O–H groups in total. The van der Waals surface area contributed by atoms with Crippen molar-refractivity contribution in [1.82, 2.24) is 0 Å². The van der Waals surface area contributed by atoms with Gasteiger partial charge in [0.1, 0.15) is 66.5 Å². The van der Waals surface area contributed by atoms with Crippen molar-refractivity contribution in [2.24, 2.45) is 110 Å². The molecule has 10 rings (SSSR count). The quantitative estimate of drug-likeness (QED) is 0.0787. The largest absolute Gasteiger partial charge is 0.394 e. The van der Waals surface area contributed by atoms with Crippen LogP contribution in [-0.2, 0) is 28.5 Å². The summed E-state index contributed by atoms with van der Waals surface area (Å²) in [6.45, 7) is 28.5. The van der Waals surface area contributed by atoms with Gasteiger partial charge >= 0.3 is 0 Å². The van der Waals surface area contributed by atoms with Crippen molar-refractivity contribution in [2.75, 3.05) is 13.2 Å².